The zero-order chi connectivity index (χ0) is 8.53. The molecule has 0 rings (SSSR count). The number of hydrogen-bond donors (Lipinski definition) is 0. The fourth-order valence-corrected chi connectivity index (χ4v) is 0.666. The second-order valence-corrected chi connectivity index (χ2v) is 2.06. The van der Waals surface area contributed by atoms with Gasteiger partial charge in [-0.25, -0.2) is 9.59 Å². The van der Waals surface area contributed by atoms with Gasteiger partial charge in [-0.1, -0.05) is 20.8 Å². The van der Waals surface area contributed by atoms with Crippen molar-refractivity contribution in [2.45, 2.75) is 39.8 Å². The van der Waals surface area contributed by atoms with Crippen molar-refractivity contribution in [2.75, 3.05) is 0 Å². The monoisotopic (exact) mass is 170 g/mol. The highest BCUT2D eigenvalue weighted by Gasteiger charge is 2.01. The second kappa shape index (κ2) is 9.76. The zero-order valence-electron chi connectivity index (χ0n) is 6.41. The number of nitrogens with zero attached hydrogens (tertiary/aromatic N) is 2. The Morgan fingerprint density at radius 3 is 2.08 bits per heavy atom. The first-order valence-corrected chi connectivity index (χ1v) is 3.49. The number of aliphatic imine (C=N–C) groups is 2. The van der Waals surface area contributed by atoms with Gasteiger partial charge in [0.05, 0.1) is 0 Å². The zero-order valence-corrected chi connectivity index (χ0v) is 6.41. The maximum absolute atomic E-state index is 9.77. The average molecular weight is 170 g/mol. The summed E-state index contributed by atoms with van der Waals surface area (Å²) in [7, 11) is 0. The Morgan fingerprint density at radius 1 is 1.25 bits per heavy atom. The number of hydrogen-bond acceptors (Lipinski definition) is 4. The summed E-state index contributed by atoms with van der Waals surface area (Å²) >= 11 is 0. The first-order chi connectivity index (χ1) is 5.35. The first-order valence-electron chi connectivity index (χ1n) is 3.49. The molecule has 0 aromatic heterocycles. The van der Waals surface area contributed by atoms with E-state index in [0.29, 0.717) is 6.42 Å². The summed E-state index contributed by atoms with van der Waals surface area (Å²) in [5.41, 5.74) is 0. The fourth-order valence-electron chi connectivity index (χ4n) is 0.666. The van der Waals surface area contributed by atoms with E-state index in [1.165, 1.54) is 12.2 Å². The van der Waals surface area contributed by atoms with E-state index in [9.17, 15) is 9.59 Å². The van der Waals surface area contributed by atoms with Crippen LogP contribution in [0.2, 0.25) is 0 Å². The highest BCUT2D eigenvalue weighted by molar-refractivity contribution is 5.36. The predicted molar refractivity (Wildman–Crippen MR) is 46.3 cm³/mol. The normalized spacial score (nSPS) is 10.1. The maximum atomic E-state index is 9.77. The Labute approximate surface area is 72.4 Å². The summed E-state index contributed by atoms with van der Waals surface area (Å²) in [6, 6.07) is 0. The van der Waals surface area contributed by atoms with Crippen LogP contribution in [0.1, 0.15) is 33.6 Å². The molecule has 0 spiro atoms. The van der Waals surface area contributed by atoms with Crippen LogP contribution in [-0.2, 0) is 9.59 Å². The highest BCUT2D eigenvalue weighted by atomic mass is 16.1. The lowest BCUT2D eigenvalue weighted by atomic mass is 10.2. The standard InChI is InChI=1S/C7H10N2O2.CH4/c1-2-3-4-7(8-5-10)9-6-11;/h7H,2-4H2,1H3;1H4. The molecule has 0 aliphatic heterocycles. The SMILES string of the molecule is C.CCCCC(N=C=O)N=C=O. The lowest BCUT2D eigenvalue weighted by Crippen LogP contribution is -1.98. The van der Waals surface area contributed by atoms with E-state index in [0.717, 1.165) is 12.8 Å². The molecule has 0 aliphatic rings. The van der Waals surface area contributed by atoms with Crippen LogP contribution in [0, 0.1) is 0 Å². The van der Waals surface area contributed by atoms with Gasteiger partial charge in [0.2, 0.25) is 12.2 Å². The van der Waals surface area contributed by atoms with Crippen LogP contribution in [-0.4, -0.2) is 18.3 Å². The largest absolute Gasteiger partial charge is 0.237 e. The van der Waals surface area contributed by atoms with E-state index in [-0.39, 0.29) is 7.43 Å². The summed E-state index contributed by atoms with van der Waals surface area (Å²) in [6.45, 7) is 2.01. The first kappa shape index (κ1) is 13.4. The van der Waals surface area contributed by atoms with Gasteiger partial charge in [-0.15, -0.1) is 0 Å². The van der Waals surface area contributed by atoms with E-state index in [1.54, 1.807) is 0 Å². The summed E-state index contributed by atoms with van der Waals surface area (Å²) in [5, 5.41) is 0. The van der Waals surface area contributed by atoms with Crippen molar-refractivity contribution in [3.05, 3.63) is 0 Å². The third kappa shape index (κ3) is 6.87. The smallest absolute Gasteiger partial charge is 0.211 e. The Bertz CT molecular complexity index is 173. The lowest BCUT2D eigenvalue weighted by Gasteiger charge is -1.98. The number of isocyanates is 2. The van der Waals surface area contributed by atoms with Gasteiger partial charge in [0.1, 0.15) is 0 Å². The minimum absolute atomic E-state index is 0. The van der Waals surface area contributed by atoms with Crippen LogP contribution in [0.5, 0.6) is 0 Å². The topological polar surface area (TPSA) is 58.9 Å². The molecule has 0 aromatic rings. The molecule has 0 heterocycles. The molecule has 0 N–H and O–H groups in total. The van der Waals surface area contributed by atoms with Gasteiger partial charge in [-0.2, -0.15) is 9.98 Å². The molecule has 0 saturated heterocycles. The molecular formula is C8H14N2O2. The summed E-state index contributed by atoms with van der Waals surface area (Å²) < 4.78 is 0. The maximum Gasteiger partial charge on any atom is 0.237 e. The van der Waals surface area contributed by atoms with E-state index in [2.05, 4.69) is 9.98 Å². The van der Waals surface area contributed by atoms with Gasteiger partial charge in [0, 0.05) is 0 Å². The number of rotatable bonds is 5. The summed E-state index contributed by atoms with van der Waals surface area (Å²) in [4.78, 5) is 26.2. The Kier molecular flexibility index (Phi) is 10.9. The Hall–Kier alpha value is -1.24. The van der Waals surface area contributed by atoms with Gasteiger partial charge in [-0.3, -0.25) is 0 Å². The molecular weight excluding hydrogens is 156 g/mol. The molecule has 0 radical (unpaired) electrons. The number of carbonyl (C=O) groups excluding carboxylic acids is 2. The van der Waals surface area contributed by atoms with Crippen LogP contribution < -0.4 is 0 Å². The minimum atomic E-state index is -0.565. The van der Waals surface area contributed by atoms with Gasteiger partial charge in [-0.05, 0) is 12.8 Å². The molecule has 0 amide bonds. The van der Waals surface area contributed by atoms with E-state index < -0.39 is 6.17 Å². The van der Waals surface area contributed by atoms with Gasteiger partial charge in [0.15, 0.2) is 6.17 Å². The summed E-state index contributed by atoms with van der Waals surface area (Å²) in [5.74, 6) is 0. The van der Waals surface area contributed by atoms with Gasteiger partial charge in [0.25, 0.3) is 0 Å². The van der Waals surface area contributed by atoms with Gasteiger partial charge >= 0.3 is 0 Å². The van der Waals surface area contributed by atoms with Crippen molar-refractivity contribution < 1.29 is 9.59 Å². The van der Waals surface area contributed by atoms with Gasteiger partial charge < -0.3 is 0 Å². The molecule has 0 atom stereocenters. The van der Waals surface area contributed by atoms with Crippen molar-refractivity contribution in [3.63, 3.8) is 0 Å². The molecule has 0 aromatic carbocycles. The molecule has 0 unspecified atom stereocenters. The van der Waals surface area contributed by atoms with E-state index in [1.807, 2.05) is 6.92 Å². The quantitative estimate of drug-likeness (QED) is 0.466. The Balaban J connectivity index is 0. The Morgan fingerprint density at radius 2 is 1.75 bits per heavy atom. The molecule has 4 heteroatoms. The highest BCUT2D eigenvalue weighted by Crippen LogP contribution is 2.03. The van der Waals surface area contributed by atoms with Crippen LogP contribution in [0.15, 0.2) is 9.98 Å². The third-order valence-corrected chi connectivity index (χ3v) is 1.22. The number of unbranched alkanes of at least 4 members (excludes halogenated alkanes) is 1. The lowest BCUT2D eigenvalue weighted by molar-refractivity contribution is 0.535. The summed E-state index contributed by atoms with van der Waals surface area (Å²) in [6.07, 6.45) is 4.65. The predicted octanol–water partition coefficient (Wildman–Crippen LogP) is 1.81. The molecule has 12 heavy (non-hydrogen) atoms. The molecule has 0 aliphatic carbocycles. The minimum Gasteiger partial charge on any atom is -0.211 e. The van der Waals surface area contributed by atoms with Crippen LogP contribution in [0.25, 0.3) is 0 Å². The van der Waals surface area contributed by atoms with E-state index >= 15 is 0 Å². The van der Waals surface area contributed by atoms with Crippen molar-refractivity contribution >= 4 is 12.2 Å². The van der Waals surface area contributed by atoms with Crippen molar-refractivity contribution in [2.24, 2.45) is 9.98 Å². The van der Waals surface area contributed by atoms with Crippen LogP contribution >= 0.6 is 0 Å². The van der Waals surface area contributed by atoms with E-state index in [4.69, 9.17) is 0 Å². The van der Waals surface area contributed by atoms with Crippen molar-refractivity contribution in [3.8, 4) is 0 Å². The fraction of sp³-hybridized carbons (Fsp3) is 0.750. The van der Waals surface area contributed by atoms with Crippen LogP contribution in [0.4, 0.5) is 0 Å². The molecule has 4 nitrogen and oxygen atoms in total. The molecule has 68 valence electrons. The average Bonchev–Trinajstić information content (AvgIpc) is 2.01. The molecule has 0 bridgehead atoms. The molecule has 0 fully saturated rings. The van der Waals surface area contributed by atoms with Crippen LogP contribution in [0.3, 0.4) is 0 Å². The second-order valence-electron chi connectivity index (χ2n) is 2.06. The van der Waals surface area contributed by atoms with Crippen molar-refractivity contribution in [1.82, 2.24) is 0 Å². The van der Waals surface area contributed by atoms with Crippen molar-refractivity contribution in [1.29, 1.82) is 0 Å². The molecule has 0 saturated carbocycles. The third-order valence-electron chi connectivity index (χ3n) is 1.22.